The maximum atomic E-state index is 13.4. The Morgan fingerprint density at radius 1 is 1.29 bits per heavy atom. The molecule has 0 radical (unpaired) electrons. The predicted octanol–water partition coefficient (Wildman–Crippen LogP) is 0.856. The van der Waals surface area contributed by atoms with Crippen molar-refractivity contribution in [3.8, 4) is 0 Å². The molecule has 9 heteroatoms. The Kier molecular flexibility index (Phi) is 6.42. The molecular weight excluding hydrogens is 335 g/mol. The van der Waals surface area contributed by atoms with E-state index in [1.807, 2.05) is 0 Å². The fraction of sp³-hybridized carbons (Fsp3) is 0.400. The summed E-state index contributed by atoms with van der Waals surface area (Å²) in [6.45, 7) is 0.770. The van der Waals surface area contributed by atoms with Crippen LogP contribution in [0.5, 0.6) is 0 Å². The van der Waals surface area contributed by atoms with Crippen molar-refractivity contribution >= 4 is 29.6 Å². The standard InChI is InChI=1S/C15H19FN4O3S/c16-11-5-1-2-6-12(11)24-9-13(21)18-19-14(22)10-4-3-7-20(8-10)15(17)23/h1-2,5-6,10H,3-4,7-9H2,(H2,17,23)(H,18,21)(H,19,22)/t10-/m0/s1. The van der Waals surface area contributed by atoms with Crippen LogP contribution < -0.4 is 16.6 Å². The Balaban J connectivity index is 1.74. The smallest absolute Gasteiger partial charge is 0.314 e. The van der Waals surface area contributed by atoms with Crippen molar-refractivity contribution in [2.75, 3.05) is 18.8 Å². The average molecular weight is 354 g/mol. The predicted molar refractivity (Wildman–Crippen MR) is 87.3 cm³/mol. The third-order valence-corrected chi connectivity index (χ3v) is 4.67. The second-order valence-corrected chi connectivity index (χ2v) is 6.40. The van der Waals surface area contributed by atoms with E-state index in [4.69, 9.17) is 5.73 Å². The van der Waals surface area contributed by atoms with Gasteiger partial charge in [0.25, 0.3) is 0 Å². The zero-order chi connectivity index (χ0) is 17.5. The summed E-state index contributed by atoms with van der Waals surface area (Å²) >= 11 is 1.04. The minimum Gasteiger partial charge on any atom is -0.351 e. The van der Waals surface area contributed by atoms with E-state index in [9.17, 15) is 18.8 Å². The molecular formula is C15H19FN4O3S. The zero-order valence-corrected chi connectivity index (χ0v) is 13.8. The second-order valence-electron chi connectivity index (χ2n) is 5.38. The molecule has 1 aromatic carbocycles. The number of hydrogen-bond donors (Lipinski definition) is 3. The number of nitrogens with zero attached hydrogens (tertiary/aromatic N) is 1. The molecule has 2 rings (SSSR count). The van der Waals surface area contributed by atoms with Gasteiger partial charge in [-0.15, -0.1) is 11.8 Å². The molecule has 1 aromatic rings. The van der Waals surface area contributed by atoms with Gasteiger partial charge in [0, 0.05) is 18.0 Å². The number of carbonyl (C=O) groups is 3. The van der Waals surface area contributed by atoms with Crippen LogP contribution in [-0.2, 0) is 9.59 Å². The van der Waals surface area contributed by atoms with Gasteiger partial charge < -0.3 is 10.6 Å². The number of piperidine rings is 1. The van der Waals surface area contributed by atoms with Gasteiger partial charge in [0.05, 0.1) is 11.7 Å². The number of hydrogen-bond acceptors (Lipinski definition) is 4. The number of primary amides is 1. The van der Waals surface area contributed by atoms with Gasteiger partial charge in [-0.2, -0.15) is 0 Å². The number of halogens is 1. The van der Waals surface area contributed by atoms with Gasteiger partial charge in [0.15, 0.2) is 0 Å². The van der Waals surface area contributed by atoms with E-state index in [0.29, 0.717) is 24.3 Å². The molecule has 0 unspecified atom stereocenters. The fourth-order valence-corrected chi connectivity index (χ4v) is 3.11. The molecule has 1 atom stereocenters. The van der Waals surface area contributed by atoms with E-state index in [2.05, 4.69) is 10.9 Å². The first-order valence-corrected chi connectivity index (χ1v) is 8.46. The van der Waals surface area contributed by atoms with E-state index in [1.165, 1.54) is 11.0 Å². The number of urea groups is 1. The highest BCUT2D eigenvalue weighted by molar-refractivity contribution is 8.00. The number of carbonyl (C=O) groups excluding carboxylic acids is 3. The van der Waals surface area contributed by atoms with Crippen molar-refractivity contribution in [3.05, 3.63) is 30.1 Å². The summed E-state index contributed by atoms with van der Waals surface area (Å²) in [4.78, 5) is 36.7. The molecule has 1 aliphatic rings. The van der Waals surface area contributed by atoms with Crippen LogP contribution in [0.15, 0.2) is 29.2 Å². The van der Waals surface area contributed by atoms with Gasteiger partial charge in [-0.25, -0.2) is 9.18 Å². The van der Waals surface area contributed by atoms with E-state index >= 15 is 0 Å². The van der Waals surface area contributed by atoms with Gasteiger partial charge in [-0.05, 0) is 25.0 Å². The monoisotopic (exact) mass is 354 g/mol. The third kappa shape index (κ3) is 5.12. The fourth-order valence-electron chi connectivity index (χ4n) is 2.37. The lowest BCUT2D eigenvalue weighted by Crippen LogP contribution is -2.51. The van der Waals surface area contributed by atoms with Crippen molar-refractivity contribution in [2.24, 2.45) is 11.7 Å². The number of amides is 4. The summed E-state index contributed by atoms with van der Waals surface area (Å²) < 4.78 is 13.4. The number of benzene rings is 1. The lowest BCUT2D eigenvalue weighted by Gasteiger charge is -2.30. The molecule has 0 bridgehead atoms. The second kappa shape index (κ2) is 8.53. The van der Waals surface area contributed by atoms with Crippen LogP contribution in [0.3, 0.4) is 0 Å². The normalized spacial score (nSPS) is 17.2. The molecule has 0 saturated carbocycles. The minimum absolute atomic E-state index is 0.0285. The van der Waals surface area contributed by atoms with Crippen molar-refractivity contribution in [2.45, 2.75) is 17.7 Å². The summed E-state index contributed by atoms with van der Waals surface area (Å²) in [5.74, 6) is -1.65. The summed E-state index contributed by atoms with van der Waals surface area (Å²) in [6.07, 6.45) is 1.30. The SMILES string of the molecule is NC(=O)N1CCC[C@H](C(=O)NNC(=O)CSc2ccccc2F)C1. The topological polar surface area (TPSA) is 105 Å². The zero-order valence-electron chi connectivity index (χ0n) is 13.0. The van der Waals surface area contributed by atoms with Gasteiger partial charge in [-0.1, -0.05) is 12.1 Å². The summed E-state index contributed by atoms with van der Waals surface area (Å²) in [7, 11) is 0. The average Bonchev–Trinajstić information content (AvgIpc) is 2.59. The number of hydrazine groups is 1. The third-order valence-electron chi connectivity index (χ3n) is 3.62. The van der Waals surface area contributed by atoms with Gasteiger partial charge >= 0.3 is 6.03 Å². The molecule has 1 heterocycles. The maximum Gasteiger partial charge on any atom is 0.314 e. The van der Waals surface area contributed by atoms with Gasteiger partial charge in [0.1, 0.15) is 5.82 Å². The minimum atomic E-state index is -0.558. The van der Waals surface area contributed by atoms with Crippen LogP contribution in [0.1, 0.15) is 12.8 Å². The molecule has 130 valence electrons. The van der Waals surface area contributed by atoms with Crippen molar-refractivity contribution in [1.82, 2.24) is 15.8 Å². The van der Waals surface area contributed by atoms with E-state index < -0.39 is 23.7 Å². The van der Waals surface area contributed by atoms with Gasteiger partial charge in [-0.3, -0.25) is 20.4 Å². The van der Waals surface area contributed by atoms with Crippen molar-refractivity contribution in [1.29, 1.82) is 0 Å². The van der Waals surface area contributed by atoms with Crippen molar-refractivity contribution in [3.63, 3.8) is 0 Å². The summed E-state index contributed by atoms with van der Waals surface area (Å²) in [5.41, 5.74) is 9.85. The first kappa shape index (κ1) is 18.1. The Bertz CT molecular complexity index is 628. The summed E-state index contributed by atoms with van der Waals surface area (Å²) in [5, 5.41) is 0. The molecule has 1 saturated heterocycles. The van der Waals surface area contributed by atoms with Gasteiger partial charge in [0.2, 0.25) is 11.8 Å². The van der Waals surface area contributed by atoms with Crippen LogP contribution in [0.4, 0.5) is 9.18 Å². The lowest BCUT2D eigenvalue weighted by molar-refractivity contribution is -0.131. The van der Waals surface area contributed by atoms with Crippen LogP contribution in [-0.4, -0.2) is 41.6 Å². The molecule has 4 N–H and O–H groups in total. The lowest BCUT2D eigenvalue weighted by atomic mass is 9.98. The van der Waals surface area contributed by atoms with E-state index in [0.717, 1.165) is 11.8 Å². The van der Waals surface area contributed by atoms with Crippen LogP contribution in [0, 0.1) is 11.7 Å². The largest absolute Gasteiger partial charge is 0.351 e. The van der Waals surface area contributed by atoms with E-state index in [1.54, 1.807) is 18.2 Å². The first-order chi connectivity index (χ1) is 11.5. The van der Waals surface area contributed by atoms with Crippen molar-refractivity contribution < 1.29 is 18.8 Å². The summed E-state index contributed by atoms with van der Waals surface area (Å²) in [6, 6.07) is 5.58. The number of nitrogens with one attached hydrogen (secondary N) is 2. The Morgan fingerprint density at radius 2 is 2.04 bits per heavy atom. The molecule has 4 amide bonds. The molecule has 1 fully saturated rings. The molecule has 1 aliphatic heterocycles. The highest BCUT2D eigenvalue weighted by Crippen LogP contribution is 2.20. The Labute approximate surface area is 143 Å². The van der Waals surface area contributed by atoms with Crippen LogP contribution >= 0.6 is 11.8 Å². The molecule has 24 heavy (non-hydrogen) atoms. The molecule has 0 aromatic heterocycles. The quantitative estimate of drug-likeness (QED) is 0.551. The highest BCUT2D eigenvalue weighted by atomic mass is 32.2. The Morgan fingerprint density at radius 3 is 2.75 bits per heavy atom. The molecule has 0 aliphatic carbocycles. The molecule has 0 spiro atoms. The Hall–Kier alpha value is -2.29. The molecule has 7 nitrogen and oxygen atoms in total. The number of thioether (sulfide) groups is 1. The number of likely N-dealkylation sites (tertiary alicyclic amines) is 1. The maximum absolute atomic E-state index is 13.4. The van der Waals surface area contributed by atoms with Crippen LogP contribution in [0.25, 0.3) is 0 Å². The number of rotatable bonds is 4. The number of nitrogens with two attached hydrogens (primary N) is 1. The van der Waals surface area contributed by atoms with Crippen LogP contribution in [0.2, 0.25) is 0 Å². The highest BCUT2D eigenvalue weighted by Gasteiger charge is 2.27. The first-order valence-electron chi connectivity index (χ1n) is 7.47. The van der Waals surface area contributed by atoms with E-state index in [-0.39, 0.29) is 18.2 Å².